The summed E-state index contributed by atoms with van der Waals surface area (Å²) in [5, 5.41) is 10.7. The first-order valence-corrected chi connectivity index (χ1v) is 22.8. The van der Waals surface area contributed by atoms with Gasteiger partial charge < -0.3 is 9.84 Å². The SMILES string of the molecule is C=C(C)[C@@H]1CC[C@]2(C(=O)O)CC[C@]3(C)[C@H](CC[C@@H]4[C@@]5(C)CC[C@H](OC(=O)CCCCCCCCCCCCCCCCC)C(C)(C)[C@@H]5CC[C@]43C)[C@@H]12. The second-order valence-electron chi connectivity index (χ2n) is 20.7. The van der Waals surface area contributed by atoms with Crippen LogP contribution in [0.1, 0.15) is 215 Å². The van der Waals surface area contributed by atoms with Gasteiger partial charge in [0.2, 0.25) is 0 Å². The number of unbranched alkanes of at least 4 members (excludes halogenated alkanes) is 14. The molecule has 0 saturated heterocycles. The lowest BCUT2D eigenvalue weighted by molar-refractivity contribution is -0.250. The minimum absolute atomic E-state index is 0.00590. The minimum atomic E-state index is -0.561. The zero-order valence-electron chi connectivity index (χ0n) is 35.2. The van der Waals surface area contributed by atoms with Crippen LogP contribution < -0.4 is 0 Å². The number of fused-ring (bicyclic) bond motifs is 7. The normalized spacial score (nSPS) is 39.1. The van der Waals surface area contributed by atoms with Gasteiger partial charge in [0.25, 0.3) is 0 Å². The van der Waals surface area contributed by atoms with Crippen LogP contribution in [-0.2, 0) is 14.3 Å². The lowest BCUT2D eigenvalue weighted by Crippen LogP contribution is -2.67. The summed E-state index contributed by atoms with van der Waals surface area (Å²) in [4.78, 5) is 26.2. The fourth-order valence-electron chi connectivity index (χ4n) is 14.6. The van der Waals surface area contributed by atoms with Gasteiger partial charge in [-0.3, -0.25) is 9.59 Å². The van der Waals surface area contributed by atoms with E-state index < -0.39 is 11.4 Å². The summed E-state index contributed by atoms with van der Waals surface area (Å²) in [5.74, 6) is 1.66. The molecule has 0 heterocycles. The van der Waals surface area contributed by atoms with E-state index >= 15 is 0 Å². The van der Waals surface area contributed by atoms with Crippen molar-refractivity contribution in [2.75, 3.05) is 0 Å². The van der Waals surface area contributed by atoms with Crippen molar-refractivity contribution in [3.05, 3.63) is 12.2 Å². The molecule has 0 aliphatic heterocycles. The summed E-state index contributed by atoms with van der Waals surface area (Å²) in [6, 6.07) is 0. The van der Waals surface area contributed by atoms with Crippen molar-refractivity contribution in [1.82, 2.24) is 0 Å². The molecule has 10 atom stereocenters. The number of allylic oxidation sites excluding steroid dienone is 1. The molecule has 0 aromatic carbocycles. The van der Waals surface area contributed by atoms with Gasteiger partial charge in [-0.25, -0.2) is 0 Å². The van der Waals surface area contributed by atoms with E-state index in [9.17, 15) is 14.7 Å². The number of rotatable bonds is 19. The van der Waals surface area contributed by atoms with E-state index in [0.717, 1.165) is 57.8 Å². The topological polar surface area (TPSA) is 63.6 Å². The van der Waals surface area contributed by atoms with Crippen LogP contribution >= 0.6 is 0 Å². The van der Waals surface area contributed by atoms with E-state index in [1.54, 1.807) is 0 Å². The number of hydrogen-bond donors (Lipinski definition) is 1. The zero-order chi connectivity index (χ0) is 37.8. The van der Waals surface area contributed by atoms with Crippen molar-refractivity contribution in [3.63, 3.8) is 0 Å². The Labute approximate surface area is 320 Å². The molecule has 5 aliphatic rings. The van der Waals surface area contributed by atoms with E-state index in [-0.39, 0.29) is 39.7 Å². The number of hydrogen-bond acceptors (Lipinski definition) is 3. The lowest BCUT2D eigenvalue weighted by Gasteiger charge is -2.72. The van der Waals surface area contributed by atoms with Crippen LogP contribution in [0.5, 0.6) is 0 Å². The Hall–Kier alpha value is -1.32. The van der Waals surface area contributed by atoms with Gasteiger partial charge in [-0.05, 0) is 123 Å². The summed E-state index contributed by atoms with van der Waals surface area (Å²) in [5.41, 5.74) is 1.15. The lowest BCUT2D eigenvalue weighted by atomic mass is 9.32. The number of ether oxygens (including phenoxy) is 1. The maximum atomic E-state index is 13.2. The average molecular weight is 723 g/mol. The third-order valence-electron chi connectivity index (χ3n) is 17.7. The predicted molar refractivity (Wildman–Crippen MR) is 216 cm³/mol. The monoisotopic (exact) mass is 723 g/mol. The van der Waals surface area contributed by atoms with E-state index in [2.05, 4.69) is 55.0 Å². The number of carboxylic acids is 1. The first kappa shape index (κ1) is 41.8. The molecule has 52 heavy (non-hydrogen) atoms. The number of aliphatic carboxylic acids is 1. The smallest absolute Gasteiger partial charge is 0.309 e. The molecule has 4 heteroatoms. The van der Waals surface area contributed by atoms with Crippen LogP contribution in [0, 0.1) is 56.7 Å². The molecule has 1 N–H and O–H groups in total. The highest BCUT2D eigenvalue weighted by Gasteiger charge is 2.72. The predicted octanol–water partition coefficient (Wildman–Crippen LogP) is 13.9. The van der Waals surface area contributed by atoms with E-state index in [1.807, 2.05) is 0 Å². The second-order valence-corrected chi connectivity index (χ2v) is 20.7. The van der Waals surface area contributed by atoms with E-state index in [0.29, 0.717) is 30.1 Å². The van der Waals surface area contributed by atoms with Gasteiger partial charge in [0.15, 0.2) is 0 Å². The first-order valence-electron chi connectivity index (χ1n) is 22.8. The van der Waals surface area contributed by atoms with Crippen LogP contribution in [0.4, 0.5) is 0 Å². The fourth-order valence-corrected chi connectivity index (χ4v) is 14.6. The molecule has 0 bridgehead atoms. The maximum Gasteiger partial charge on any atom is 0.309 e. The molecule has 0 amide bonds. The highest BCUT2D eigenvalue weighted by molar-refractivity contribution is 5.76. The van der Waals surface area contributed by atoms with Crippen LogP contribution in [0.15, 0.2) is 12.2 Å². The molecule has 0 aromatic heterocycles. The summed E-state index contributed by atoms with van der Waals surface area (Å²) in [6.07, 6.45) is 31.1. The van der Waals surface area contributed by atoms with Crippen molar-refractivity contribution in [2.24, 2.45) is 56.7 Å². The fraction of sp³-hybridized carbons (Fsp3) is 0.917. The summed E-state index contributed by atoms with van der Waals surface area (Å²) >= 11 is 0. The Kier molecular flexibility index (Phi) is 13.9. The second kappa shape index (κ2) is 17.2. The van der Waals surface area contributed by atoms with Crippen molar-refractivity contribution in [3.8, 4) is 0 Å². The Morgan fingerprint density at radius 2 is 1.23 bits per heavy atom. The molecule has 5 aliphatic carbocycles. The molecule has 5 saturated carbocycles. The van der Waals surface area contributed by atoms with Crippen LogP contribution in [0.2, 0.25) is 0 Å². The van der Waals surface area contributed by atoms with Gasteiger partial charge in [-0.15, -0.1) is 0 Å². The van der Waals surface area contributed by atoms with Gasteiger partial charge >= 0.3 is 11.9 Å². The van der Waals surface area contributed by atoms with Crippen LogP contribution in [0.25, 0.3) is 0 Å². The third-order valence-corrected chi connectivity index (χ3v) is 17.7. The first-order chi connectivity index (χ1) is 24.7. The Balaban J connectivity index is 1.09. The molecule has 0 radical (unpaired) electrons. The van der Waals surface area contributed by atoms with Gasteiger partial charge in [0.05, 0.1) is 5.41 Å². The summed E-state index contributed by atoms with van der Waals surface area (Å²) in [6.45, 7) is 21.5. The highest BCUT2D eigenvalue weighted by Crippen LogP contribution is 2.77. The molecular weight excluding hydrogens is 641 g/mol. The molecule has 5 rings (SSSR count). The molecule has 0 unspecified atom stereocenters. The molecule has 0 spiro atoms. The number of carbonyl (C=O) groups is 2. The van der Waals surface area contributed by atoms with E-state index in [1.165, 1.54) is 108 Å². The van der Waals surface area contributed by atoms with Crippen LogP contribution in [0.3, 0.4) is 0 Å². The van der Waals surface area contributed by atoms with Crippen molar-refractivity contribution >= 4 is 11.9 Å². The minimum Gasteiger partial charge on any atom is -0.481 e. The summed E-state index contributed by atoms with van der Waals surface area (Å²) < 4.78 is 6.40. The maximum absolute atomic E-state index is 13.2. The van der Waals surface area contributed by atoms with Crippen molar-refractivity contribution in [2.45, 2.75) is 222 Å². The van der Waals surface area contributed by atoms with Gasteiger partial charge in [0.1, 0.15) is 6.10 Å². The van der Waals surface area contributed by atoms with Crippen molar-refractivity contribution in [1.29, 1.82) is 0 Å². The van der Waals surface area contributed by atoms with Gasteiger partial charge in [-0.1, -0.05) is 144 Å². The van der Waals surface area contributed by atoms with Crippen molar-refractivity contribution < 1.29 is 19.4 Å². The van der Waals surface area contributed by atoms with Gasteiger partial charge in [0, 0.05) is 11.8 Å². The number of carboxylic acid groups (broad SMARTS) is 1. The molecular formula is C48H82O4. The standard InChI is InChI=1S/C48H82O4/c1-9-10-11-12-13-14-15-16-17-18-19-20-21-22-23-24-41(49)52-40-29-30-45(6)38(44(40,4)5)28-31-47(8)39(45)26-25-37-42-36(35(2)3)27-32-48(42,43(50)51)34-33-46(37,47)7/h36-40,42H,2,9-34H2,1,3-8H3,(H,50,51)/t36-,37+,38-,39+,40-,42+,45-,46+,47+,48-/m0/s1. The molecule has 298 valence electrons. The third kappa shape index (κ3) is 7.86. The summed E-state index contributed by atoms with van der Waals surface area (Å²) in [7, 11) is 0. The molecule has 0 aromatic rings. The number of carbonyl (C=O) groups excluding carboxylic acids is 1. The number of esters is 1. The molecule has 4 nitrogen and oxygen atoms in total. The Morgan fingerprint density at radius 1 is 0.654 bits per heavy atom. The van der Waals surface area contributed by atoms with Gasteiger partial charge in [-0.2, -0.15) is 0 Å². The highest BCUT2D eigenvalue weighted by atomic mass is 16.5. The zero-order valence-corrected chi connectivity index (χ0v) is 35.2. The quantitative estimate of drug-likeness (QED) is 0.0819. The Bertz CT molecular complexity index is 1220. The molecule has 5 fully saturated rings. The Morgan fingerprint density at radius 3 is 1.79 bits per heavy atom. The van der Waals surface area contributed by atoms with Crippen LogP contribution in [-0.4, -0.2) is 23.1 Å². The average Bonchev–Trinajstić information content (AvgIpc) is 3.50. The van der Waals surface area contributed by atoms with E-state index in [4.69, 9.17) is 4.74 Å². The largest absolute Gasteiger partial charge is 0.481 e.